The fourth-order valence-electron chi connectivity index (χ4n) is 4.16. The molecule has 0 unspecified atom stereocenters. The number of carbonyl (C=O) groups excluding carboxylic acids is 1. The lowest BCUT2D eigenvalue weighted by Crippen LogP contribution is -2.40. The summed E-state index contributed by atoms with van der Waals surface area (Å²) < 4.78 is 7.28. The maximum Gasteiger partial charge on any atom is 0.321 e. The standard InChI is InChI=1S/C24H23BrClN7O2/c25-20-15-29-33-22(28-14-16-2-1-9-27-13-16)12-21(31-23(20)33)17-7-10-32(11-8-17)24(34)30-18-3-5-19(35-26)6-4-18/h1-6,9,12-13,15,17,28H,7-8,10-11,14H2,(H,30,34). The van der Waals surface area contributed by atoms with Crippen LogP contribution in [0.1, 0.15) is 30.0 Å². The van der Waals surface area contributed by atoms with Gasteiger partial charge < -0.3 is 19.8 Å². The van der Waals surface area contributed by atoms with Crippen LogP contribution >= 0.6 is 27.8 Å². The molecule has 1 aliphatic rings. The van der Waals surface area contributed by atoms with Gasteiger partial charge in [-0.3, -0.25) is 4.98 Å². The molecule has 5 rings (SSSR count). The number of pyridine rings is 1. The zero-order valence-corrected chi connectivity index (χ0v) is 21.0. The number of nitrogens with zero attached hydrogens (tertiary/aromatic N) is 5. The third-order valence-electron chi connectivity index (χ3n) is 6.04. The predicted octanol–water partition coefficient (Wildman–Crippen LogP) is 5.44. The van der Waals surface area contributed by atoms with Crippen molar-refractivity contribution in [3.63, 3.8) is 0 Å². The number of anilines is 2. The number of halogens is 2. The van der Waals surface area contributed by atoms with Gasteiger partial charge in [-0.05, 0) is 64.7 Å². The second kappa shape index (κ2) is 10.5. The molecule has 1 aliphatic heterocycles. The van der Waals surface area contributed by atoms with Gasteiger partial charge in [-0.2, -0.15) is 9.61 Å². The summed E-state index contributed by atoms with van der Waals surface area (Å²) in [6.45, 7) is 1.91. The Bertz CT molecular complexity index is 1310. The van der Waals surface area contributed by atoms with Gasteiger partial charge in [0.15, 0.2) is 5.65 Å². The maximum absolute atomic E-state index is 12.7. The van der Waals surface area contributed by atoms with Gasteiger partial charge in [0, 0.05) is 55.4 Å². The summed E-state index contributed by atoms with van der Waals surface area (Å²) in [7, 11) is 0. The minimum atomic E-state index is -0.122. The Balaban J connectivity index is 1.26. The monoisotopic (exact) mass is 555 g/mol. The van der Waals surface area contributed by atoms with Gasteiger partial charge in [-0.15, -0.1) is 0 Å². The van der Waals surface area contributed by atoms with E-state index in [0.29, 0.717) is 31.1 Å². The van der Waals surface area contributed by atoms with Crippen LogP contribution in [0.5, 0.6) is 5.75 Å². The number of amides is 2. The Morgan fingerprint density at radius 1 is 1.17 bits per heavy atom. The van der Waals surface area contributed by atoms with Crippen LogP contribution in [0, 0.1) is 0 Å². The smallest absolute Gasteiger partial charge is 0.321 e. The number of urea groups is 1. The summed E-state index contributed by atoms with van der Waals surface area (Å²) in [5.74, 6) is 1.63. The molecular formula is C24H23BrClN7O2. The highest BCUT2D eigenvalue weighted by molar-refractivity contribution is 9.10. The third-order valence-corrected chi connectivity index (χ3v) is 6.78. The van der Waals surface area contributed by atoms with Crippen molar-refractivity contribution < 1.29 is 9.08 Å². The van der Waals surface area contributed by atoms with Crippen LogP contribution in [0.2, 0.25) is 0 Å². The number of fused-ring (bicyclic) bond motifs is 1. The molecule has 0 spiro atoms. The molecule has 4 aromatic rings. The minimum absolute atomic E-state index is 0.122. The van der Waals surface area contributed by atoms with Crippen LogP contribution in [-0.4, -0.2) is 43.6 Å². The Kier molecular flexibility index (Phi) is 7.01. The predicted molar refractivity (Wildman–Crippen MR) is 138 cm³/mol. The number of piperidine rings is 1. The molecule has 1 saturated heterocycles. The quantitative estimate of drug-likeness (QED) is 0.328. The highest BCUT2D eigenvalue weighted by atomic mass is 79.9. The molecule has 0 saturated carbocycles. The lowest BCUT2D eigenvalue weighted by atomic mass is 9.93. The van der Waals surface area contributed by atoms with E-state index in [1.54, 1.807) is 41.2 Å². The molecule has 9 nitrogen and oxygen atoms in total. The van der Waals surface area contributed by atoms with Crippen molar-refractivity contribution in [2.45, 2.75) is 25.3 Å². The Hall–Kier alpha value is -3.37. The van der Waals surface area contributed by atoms with Gasteiger partial charge in [0.25, 0.3) is 0 Å². The molecule has 0 aliphatic carbocycles. The normalized spacial score (nSPS) is 14.2. The fourth-order valence-corrected chi connectivity index (χ4v) is 4.61. The summed E-state index contributed by atoms with van der Waals surface area (Å²) in [4.78, 5) is 23.6. The highest BCUT2D eigenvalue weighted by Crippen LogP contribution is 2.31. The van der Waals surface area contributed by atoms with Crippen molar-refractivity contribution in [3.05, 3.63) is 76.8 Å². The SMILES string of the molecule is O=C(Nc1ccc(OCl)cc1)N1CCC(c2cc(NCc3cccnc3)n3ncc(Br)c3n2)CC1. The van der Waals surface area contributed by atoms with E-state index in [0.717, 1.165) is 40.0 Å². The van der Waals surface area contributed by atoms with E-state index in [9.17, 15) is 4.79 Å². The lowest BCUT2D eigenvalue weighted by molar-refractivity contribution is 0.194. The molecule has 3 aromatic heterocycles. The second-order valence-corrected chi connectivity index (χ2v) is 9.31. The lowest BCUT2D eigenvalue weighted by Gasteiger charge is -2.32. The number of carbonyl (C=O) groups is 1. The number of benzene rings is 1. The Morgan fingerprint density at radius 2 is 1.97 bits per heavy atom. The number of nitrogens with one attached hydrogen (secondary N) is 2. The number of hydrogen-bond acceptors (Lipinski definition) is 6. The van der Waals surface area contributed by atoms with Crippen molar-refractivity contribution >= 4 is 51.0 Å². The molecule has 0 atom stereocenters. The molecule has 180 valence electrons. The second-order valence-electron chi connectivity index (χ2n) is 8.30. The van der Waals surface area contributed by atoms with Crippen molar-refractivity contribution in [3.8, 4) is 5.75 Å². The van der Waals surface area contributed by atoms with Crippen LogP contribution in [-0.2, 0) is 6.54 Å². The minimum Gasteiger partial charge on any atom is -0.386 e. The van der Waals surface area contributed by atoms with E-state index in [4.69, 9.17) is 16.9 Å². The van der Waals surface area contributed by atoms with Gasteiger partial charge in [0.05, 0.1) is 10.7 Å². The van der Waals surface area contributed by atoms with E-state index < -0.39 is 0 Å². The van der Waals surface area contributed by atoms with E-state index >= 15 is 0 Å². The van der Waals surface area contributed by atoms with Crippen LogP contribution in [0.25, 0.3) is 5.65 Å². The van der Waals surface area contributed by atoms with E-state index in [-0.39, 0.29) is 11.9 Å². The summed E-state index contributed by atoms with van der Waals surface area (Å²) in [6.07, 6.45) is 6.99. The van der Waals surface area contributed by atoms with Gasteiger partial charge >= 0.3 is 6.03 Å². The van der Waals surface area contributed by atoms with Crippen molar-refractivity contribution in [1.82, 2.24) is 24.5 Å². The average molecular weight is 557 g/mol. The van der Waals surface area contributed by atoms with Crippen LogP contribution in [0.3, 0.4) is 0 Å². The molecule has 1 fully saturated rings. The molecule has 0 radical (unpaired) electrons. The summed E-state index contributed by atoms with van der Waals surface area (Å²) in [5.41, 5.74) is 3.52. The molecule has 2 N–H and O–H groups in total. The highest BCUT2D eigenvalue weighted by Gasteiger charge is 2.26. The van der Waals surface area contributed by atoms with Gasteiger partial charge in [0.2, 0.25) is 0 Å². The van der Waals surface area contributed by atoms with E-state index in [1.807, 2.05) is 23.2 Å². The molecule has 1 aromatic carbocycles. The molecule has 0 bridgehead atoms. The summed E-state index contributed by atoms with van der Waals surface area (Å²) >= 11 is 8.91. The third kappa shape index (κ3) is 5.33. The first-order valence-corrected chi connectivity index (χ1v) is 12.3. The van der Waals surface area contributed by atoms with Gasteiger partial charge in [-0.25, -0.2) is 9.78 Å². The first-order chi connectivity index (χ1) is 17.1. The average Bonchev–Trinajstić information content (AvgIpc) is 3.29. The largest absolute Gasteiger partial charge is 0.386 e. The first-order valence-electron chi connectivity index (χ1n) is 11.2. The fraction of sp³-hybridized carbons (Fsp3) is 0.250. The van der Waals surface area contributed by atoms with Crippen LogP contribution < -0.4 is 14.9 Å². The number of aromatic nitrogens is 4. The van der Waals surface area contributed by atoms with Crippen LogP contribution in [0.15, 0.2) is 65.5 Å². The molecule has 35 heavy (non-hydrogen) atoms. The van der Waals surface area contributed by atoms with Gasteiger partial charge in [0.1, 0.15) is 23.4 Å². The molecular weight excluding hydrogens is 534 g/mol. The van der Waals surface area contributed by atoms with E-state index in [2.05, 4.69) is 47.0 Å². The number of hydrogen-bond donors (Lipinski definition) is 2. The molecule has 2 amide bonds. The molecule has 11 heteroatoms. The van der Waals surface area contributed by atoms with Crippen molar-refractivity contribution in [1.29, 1.82) is 0 Å². The van der Waals surface area contributed by atoms with Gasteiger partial charge in [-0.1, -0.05) is 6.07 Å². The van der Waals surface area contributed by atoms with Crippen LogP contribution in [0.4, 0.5) is 16.3 Å². The molecule has 4 heterocycles. The maximum atomic E-state index is 12.7. The summed E-state index contributed by atoms with van der Waals surface area (Å²) in [6, 6.07) is 12.8. The number of rotatable bonds is 6. The zero-order chi connectivity index (χ0) is 24.2. The Morgan fingerprint density at radius 3 is 2.69 bits per heavy atom. The first kappa shape index (κ1) is 23.4. The Labute approximate surface area is 215 Å². The van der Waals surface area contributed by atoms with Crippen molar-refractivity contribution in [2.75, 3.05) is 23.7 Å². The summed E-state index contributed by atoms with van der Waals surface area (Å²) in [5, 5.41) is 10.8. The number of likely N-dealkylation sites (tertiary alicyclic amines) is 1. The van der Waals surface area contributed by atoms with Crippen molar-refractivity contribution in [2.24, 2.45) is 0 Å². The van der Waals surface area contributed by atoms with E-state index in [1.165, 1.54) is 0 Å². The topological polar surface area (TPSA) is 96.7 Å². The zero-order valence-electron chi connectivity index (χ0n) is 18.7.